The SMILES string of the molecule is Cc1ccc(S(=O)(=O)O[CH-]C(F)(F)c2ccccc2C(=O)[N]=[Rh])cc1. The van der Waals surface area contributed by atoms with Crippen molar-refractivity contribution in [2.24, 2.45) is 3.68 Å². The number of hydrogen-bond donors (Lipinski definition) is 0. The molecule has 0 bridgehead atoms. The van der Waals surface area contributed by atoms with E-state index >= 15 is 0 Å². The van der Waals surface area contributed by atoms with Crippen molar-refractivity contribution in [2.45, 2.75) is 17.7 Å². The summed E-state index contributed by atoms with van der Waals surface area (Å²) in [4.78, 5) is 11.4. The van der Waals surface area contributed by atoms with Gasteiger partial charge in [0.05, 0.1) is 0 Å². The Morgan fingerprint density at radius 3 is 2.36 bits per heavy atom. The molecule has 0 radical (unpaired) electrons. The van der Waals surface area contributed by atoms with E-state index in [-0.39, 0.29) is 17.1 Å². The Morgan fingerprint density at radius 2 is 1.76 bits per heavy atom. The number of hydrogen-bond acceptors (Lipinski definition) is 4. The predicted molar refractivity (Wildman–Crippen MR) is 80.8 cm³/mol. The summed E-state index contributed by atoms with van der Waals surface area (Å²) in [6.07, 6.45) is 0. The van der Waals surface area contributed by atoms with Gasteiger partial charge in [0.1, 0.15) is 0 Å². The molecule has 135 valence electrons. The van der Waals surface area contributed by atoms with Gasteiger partial charge in [0.2, 0.25) is 0 Å². The molecule has 2 aromatic carbocycles. The second kappa shape index (κ2) is 7.68. The summed E-state index contributed by atoms with van der Waals surface area (Å²) in [7, 11) is -4.41. The molecule has 0 N–H and O–H groups in total. The molecule has 0 spiro atoms. The van der Waals surface area contributed by atoms with Crippen LogP contribution in [0.2, 0.25) is 0 Å². The molecule has 0 aliphatic rings. The van der Waals surface area contributed by atoms with Gasteiger partial charge in [0.25, 0.3) is 0 Å². The molecular weight excluding hydrogens is 443 g/mol. The Kier molecular flexibility index (Phi) is 6.03. The normalized spacial score (nSPS) is 12.0. The van der Waals surface area contributed by atoms with E-state index in [1.165, 1.54) is 36.4 Å². The Morgan fingerprint density at radius 1 is 1.16 bits per heavy atom. The molecule has 0 saturated heterocycles. The second-order valence-electron chi connectivity index (χ2n) is 5.03. The quantitative estimate of drug-likeness (QED) is 0.380. The number of rotatable bonds is 6. The summed E-state index contributed by atoms with van der Waals surface area (Å²) in [6, 6.07) is 10.4. The van der Waals surface area contributed by atoms with Gasteiger partial charge >= 0.3 is 147 Å². The molecule has 25 heavy (non-hydrogen) atoms. The number of amides is 1. The topological polar surface area (TPSA) is 72.8 Å². The molecule has 0 heterocycles. The van der Waals surface area contributed by atoms with Crippen molar-refractivity contribution in [1.29, 1.82) is 0 Å². The molecule has 2 rings (SSSR count). The molecule has 0 atom stereocenters. The van der Waals surface area contributed by atoms with Crippen LogP contribution in [0.1, 0.15) is 21.5 Å². The Bertz CT molecular complexity index is 899. The van der Waals surface area contributed by atoms with E-state index in [1.807, 2.05) is 18.1 Å². The van der Waals surface area contributed by atoms with E-state index in [2.05, 4.69) is 7.87 Å². The average molecular weight is 455 g/mol. The third-order valence-electron chi connectivity index (χ3n) is 3.22. The van der Waals surface area contributed by atoms with Crippen molar-refractivity contribution in [3.8, 4) is 0 Å². The minimum atomic E-state index is -4.41. The van der Waals surface area contributed by atoms with E-state index < -0.39 is 27.5 Å². The van der Waals surface area contributed by atoms with Crippen LogP contribution in [0.5, 0.6) is 0 Å². The fraction of sp³-hybridized carbons (Fsp3) is 0.125. The van der Waals surface area contributed by atoms with Crippen LogP contribution in [0, 0.1) is 13.5 Å². The van der Waals surface area contributed by atoms with Crippen molar-refractivity contribution in [3.05, 3.63) is 71.8 Å². The molecule has 0 aliphatic carbocycles. The van der Waals surface area contributed by atoms with E-state index in [4.69, 9.17) is 0 Å². The first kappa shape index (κ1) is 19.6. The molecule has 1 amide bonds. The van der Waals surface area contributed by atoms with Crippen molar-refractivity contribution in [2.75, 3.05) is 0 Å². The average Bonchev–Trinajstić information content (AvgIpc) is 2.60. The van der Waals surface area contributed by atoms with Gasteiger partial charge in [-0.05, 0) is 6.92 Å². The number of benzene rings is 2. The van der Waals surface area contributed by atoms with Gasteiger partial charge in [-0.1, -0.05) is 0 Å². The molecule has 0 aliphatic heterocycles. The molecule has 0 unspecified atom stereocenters. The monoisotopic (exact) mass is 455 g/mol. The van der Waals surface area contributed by atoms with Crippen molar-refractivity contribution in [1.82, 2.24) is 0 Å². The van der Waals surface area contributed by atoms with E-state index in [9.17, 15) is 22.0 Å². The van der Waals surface area contributed by atoms with Crippen molar-refractivity contribution < 1.29 is 44.3 Å². The number of nitrogens with zero attached hydrogens (tertiary/aromatic N) is 1. The van der Waals surface area contributed by atoms with Gasteiger partial charge in [-0.2, -0.15) is 0 Å². The van der Waals surface area contributed by atoms with E-state index in [1.54, 1.807) is 6.92 Å². The van der Waals surface area contributed by atoms with Gasteiger partial charge in [0.15, 0.2) is 0 Å². The van der Waals surface area contributed by atoms with Crippen LogP contribution < -0.4 is 0 Å². The minimum absolute atomic E-state index is 0.102. The first-order chi connectivity index (χ1) is 11.7. The summed E-state index contributed by atoms with van der Waals surface area (Å²) in [5, 5.41) is 0. The van der Waals surface area contributed by atoms with Crippen LogP contribution in [0.15, 0.2) is 57.1 Å². The molecule has 0 fully saturated rings. The van der Waals surface area contributed by atoms with Gasteiger partial charge in [0, 0.05) is 0 Å². The van der Waals surface area contributed by atoms with Gasteiger partial charge in [-0.15, -0.1) is 0 Å². The van der Waals surface area contributed by atoms with Crippen LogP contribution in [-0.2, 0) is 38.3 Å². The van der Waals surface area contributed by atoms with Crippen LogP contribution in [-0.4, -0.2) is 14.3 Å². The maximum absolute atomic E-state index is 14.4. The molecule has 0 saturated carbocycles. The standard InChI is InChI=1S/C16H12F2NO4S.Rh/c1-11-6-8-12(9-7-11)24(21,22)23-10-16(17,18)14-5-3-2-4-13(14)15(19)20;/h2-10H,1H3;/q-1;. The van der Waals surface area contributed by atoms with Gasteiger partial charge in [-0.3, -0.25) is 0 Å². The first-order valence-corrected chi connectivity index (χ1v) is 8.97. The third-order valence-corrected chi connectivity index (χ3v) is 4.75. The zero-order chi connectivity index (χ0) is 18.7. The van der Waals surface area contributed by atoms with Gasteiger partial charge < -0.3 is 0 Å². The fourth-order valence-corrected chi connectivity index (χ4v) is 2.97. The molecule has 0 aromatic heterocycles. The predicted octanol–water partition coefficient (Wildman–Crippen LogP) is 3.52. The van der Waals surface area contributed by atoms with Crippen molar-refractivity contribution in [3.63, 3.8) is 0 Å². The maximum atomic E-state index is 14.4. The Balaban J connectivity index is 2.26. The van der Waals surface area contributed by atoms with Gasteiger partial charge in [-0.25, -0.2) is 0 Å². The van der Waals surface area contributed by atoms with Crippen molar-refractivity contribution >= 4 is 16.0 Å². The summed E-state index contributed by atoms with van der Waals surface area (Å²) in [5.41, 5.74) is -0.259. The summed E-state index contributed by atoms with van der Waals surface area (Å²) < 4.78 is 60.4. The summed E-state index contributed by atoms with van der Waals surface area (Å²) >= 11 is 1.99. The number of aryl methyl sites for hydroxylation is 1. The zero-order valence-electron chi connectivity index (χ0n) is 12.8. The molecule has 9 heteroatoms. The number of halogens is 2. The van der Waals surface area contributed by atoms with Crippen LogP contribution in [0.25, 0.3) is 0 Å². The molecule has 2 aromatic rings. The van der Waals surface area contributed by atoms with Crippen LogP contribution >= 0.6 is 0 Å². The number of carbonyl (C=O) groups excluding carboxylic acids is 1. The van der Waals surface area contributed by atoms with E-state index in [0.717, 1.165) is 17.7 Å². The number of carbonyl (C=O) groups is 1. The van der Waals surface area contributed by atoms with Crippen LogP contribution in [0.3, 0.4) is 0 Å². The number of alkyl halides is 2. The molecule has 5 nitrogen and oxygen atoms in total. The van der Waals surface area contributed by atoms with Crippen LogP contribution in [0.4, 0.5) is 8.78 Å². The second-order valence-corrected chi connectivity index (χ2v) is 6.97. The summed E-state index contributed by atoms with van der Waals surface area (Å²) in [6.45, 7) is 1.65. The fourth-order valence-electron chi connectivity index (χ4n) is 1.95. The Hall–Kier alpha value is -1.70. The zero-order valence-corrected chi connectivity index (χ0v) is 15.2. The Labute approximate surface area is 153 Å². The molecular formula is C16H12F2NO4RhS-. The van der Waals surface area contributed by atoms with E-state index in [0.29, 0.717) is 0 Å². The third kappa shape index (κ3) is 4.68. The first-order valence-electron chi connectivity index (χ1n) is 6.83. The summed E-state index contributed by atoms with van der Waals surface area (Å²) in [5.74, 6) is -4.71.